The average molecular weight is 442 g/mol. The fourth-order valence-electron chi connectivity index (χ4n) is 2.94. The summed E-state index contributed by atoms with van der Waals surface area (Å²) in [5.74, 6) is 0.402. The number of nitro groups is 1. The number of carbonyl (C=O) groups excluding carboxylic acids is 1. The summed E-state index contributed by atoms with van der Waals surface area (Å²) in [7, 11) is 3.20. The van der Waals surface area contributed by atoms with E-state index in [0.717, 1.165) is 11.1 Å². The first-order valence-electron chi connectivity index (χ1n) is 9.25. The number of hydrogen-bond donors (Lipinski definition) is 0. The highest BCUT2D eigenvalue weighted by Gasteiger charge is 2.16. The van der Waals surface area contributed by atoms with Gasteiger partial charge in [0.2, 0.25) is 5.78 Å². The number of ether oxygens (including phenoxy) is 2. The fraction of sp³-hybridized carbons (Fsp3) is 0.182. The number of methoxy groups -OCH3 is 1. The number of ketones is 1. The largest absolute Gasteiger partial charge is 0.496 e. The predicted molar refractivity (Wildman–Crippen MR) is 117 cm³/mol. The normalized spacial score (nSPS) is 11.0. The predicted octanol–water partition coefficient (Wildman–Crippen LogP) is 4.77. The van der Waals surface area contributed by atoms with Gasteiger partial charge < -0.3 is 9.47 Å². The van der Waals surface area contributed by atoms with Crippen molar-refractivity contribution in [3.63, 3.8) is 0 Å². The van der Waals surface area contributed by atoms with E-state index in [0.29, 0.717) is 11.3 Å². The Labute approximate surface area is 183 Å². The monoisotopic (exact) mass is 441 g/mol. The van der Waals surface area contributed by atoms with Crippen molar-refractivity contribution < 1.29 is 19.2 Å². The minimum atomic E-state index is -0.479. The molecule has 0 saturated heterocycles. The summed E-state index contributed by atoms with van der Waals surface area (Å²) in [6.07, 6.45) is 4.56. The summed E-state index contributed by atoms with van der Waals surface area (Å²) in [6.45, 7) is 1.82. The Bertz CT molecular complexity index is 1170. The van der Waals surface area contributed by atoms with E-state index in [1.807, 2.05) is 0 Å². The van der Waals surface area contributed by atoms with Gasteiger partial charge in [-0.1, -0.05) is 29.8 Å². The van der Waals surface area contributed by atoms with Crippen LogP contribution in [-0.2, 0) is 13.7 Å². The zero-order valence-corrected chi connectivity index (χ0v) is 17.9. The highest BCUT2D eigenvalue weighted by atomic mass is 35.5. The number of allylic oxidation sites excluding steroid dienone is 1. The quantitative estimate of drug-likeness (QED) is 0.216. The Morgan fingerprint density at radius 1 is 1.26 bits per heavy atom. The number of hydrogen-bond acceptors (Lipinski definition) is 6. The number of aryl methyl sites for hydroxylation is 2. The third kappa shape index (κ3) is 5.29. The second kappa shape index (κ2) is 9.44. The van der Waals surface area contributed by atoms with Gasteiger partial charge in [-0.3, -0.25) is 19.6 Å². The number of benzene rings is 2. The van der Waals surface area contributed by atoms with E-state index in [-0.39, 0.29) is 34.5 Å². The van der Waals surface area contributed by atoms with Crippen LogP contribution in [0.1, 0.15) is 27.2 Å². The summed E-state index contributed by atoms with van der Waals surface area (Å²) >= 11 is 6.01. The molecule has 0 saturated carbocycles. The molecule has 3 aromatic rings. The molecule has 0 spiro atoms. The molecule has 160 valence electrons. The number of nitrogens with zero attached hydrogens (tertiary/aromatic N) is 3. The van der Waals surface area contributed by atoms with E-state index in [4.69, 9.17) is 21.1 Å². The van der Waals surface area contributed by atoms with Gasteiger partial charge in [0.15, 0.2) is 11.4 Å². The third-order valence-electron chi connectivity index (χ3n) is 4.44. The van der Waals surface area contributed by atoms with Gasteiger partial charge in [0.25, 0.3) is 0 Å². The second-order valence-electron chi connectivity index (χ2n) is 6.79. The van der Waals surface area contributed by atoms with E-state index >= 15 is 0 Å². The van der Waals surface area contributed by atoms with Crippen LogP contribution < -0.4 is 9.47 Å². The van der Waals surface area contributed by atoms with E-state index in [1.165, 1.54) is 23.9 Å². The van der Waals surface area contributed by atoms with E-state index in [9.17, 15) is 14.9 Å². The van der Waals surface area contributed by atoms with Crippen molar-refractivity contribution in [1.29, 1.82) is 0 Å². The lowest BCUT2D eigenvalue weighted by atomic mass is 10.1. The van der Waals surface area contributed by atoms with Crippen molar-refractivity contribution in [1.82, 2.24) is 9.78 Å². The summed E-state index contributed by atoms with van der Waals surface area (Å²) in [6, 6.07) is 10.1. The van der Waals surface area contributed by atoms with Gasteiger partial charge in [-0.25, -0.2) is 0 Å². The molecule has 31 heavy (non-hydrogen) atoms. The molecule has 1 aromatic heterocycles. The highest BCUT2D eigenvalue weighted by Crippen LogP contribution is 2.30. The Morgan fingerprint density at radius 3 is 2.65 bits per heavy atom. The average Bonchev–Trinajstić information content (AvgIpc) is 3.09. The number of halogens is 1. The summed E-state index contributed by atoms with van der Waals surface area (Å²) in [4.78, 5) is 23.2. The lowest BCUT2D eigenvalue weighted by molar-refractivity contribution is -0.386. The van der Waals surface area contributed by atoms with Gasteiger partial charge >= 0.3 is 5.69 Å². The number of rotatable bonds is 8. The fourth-order valence-corrected chi connectivity index (χ4v) is 3.21. The summed E-state index contributed by atoms with van der Waals surface area (Å²) in [5, 5.41) is 15.6. The SMILES string of the molecule is COc1ccc(/C=C/C(=O)c2nn(C)cc2Cl)cc1COc1ccc(C)cc1[N+](=O)[O-]. The molecule has 0 aliphatic carbocycles. The van der Waals surface area contributed by atoms with Crippen molar-refractivity contribution in [2.75, 3.05) is 7.11 Å². The molecule has 9 heteroatoms. The van der Waals surface area contributed by atoms with Gasteiger partial charge in [-0.2, -0.15) is 5.10 Å². The van der Waals surface area contributed by atoms with Crippen LogP contribution in [0.25, 0.3) is 6.08 Å². The van der Waals surface area contributed by atoms with Gasteiger partial charge in [0.1, 0.15) is 12.4 Å². The van der Waals surface area contributed by atoms with E-state index in [2.05, 4.69) is 5.10 Å². The maximum Gasteiger partial charge on any atom is 0.311 e. The molecule has 0 N–H and O–H groups in total. The van der Waals surface area contributed by atoms with Crippen molar-refractivity contribution in [2.45, 2.75) is 13.5 Å². The maximum atomic E-state index is 12.3. The third-order valence-corrected chi connectivity index (χ3v) is 4.72. The first-order valence-corrected chi connectivity index (χ1v) is 9.62. The minimum Gasteiger partial charge on any atom is -0.496 e. The Hall–Kier alpha value is -3.65. The first-order chi connectivity index (χ1) is 14.8. The van der Waals surface area contributed by atoms with Crippen molar-refractivity contribution in [2.24, 2.45) is 7.05 Å². The van der Waals surface area contributed by atoms with Crippen LogP contribution in [0.5, 0.6) is 11.5 Å². The number of aromatic nitrogens is 2. The Kier molecular flexibility index (Phi) is 6.71. The lowest BCUT2D eigenvalue weighted by Crippen LogP contribution is -2.02. The molecule has 8 nitrogen and oxygen atoms in total. The molecule has 0 bridgehead atoms. The van der Waals surface area contributed by atoms with Gasteiger partial charge in [-0.05, 0) is 42.3 Å². The molecule has 0 amide bonds. The topological polar surface area (TPSA) is 96.5 Å². The van der Waals surface area contributed by atoms with E-state index < -0.39 is 4.92 Å². The summed E-state index contributed by atoms with van der Waals surface area (Å²) < 4.78 is 12.5. The number of nitro benzene ring substituents is 1. The Morgan fingerprint density at radius 2 is 2.00 bits per heavy atom. The van der Waals surface area contributed by atoms with Crippen LogP contribution in [0.2, 0.25) is 5.02 Å². The first kappa shape index (κ1) is 22.0. The van der Waals surface area contributed by atoms with Crippen molar-refractivity contribution >= 4 is 29.1 Å². The lowest BCUT2D eigenvalue weighted by Gasteiger charge is -2.11. The van der Waals surface area contributed by atoms with Crippen molar-refractivity contribution in [3.8, 4) is 11.5 Å². The molecule has 1 heterocycles. The Balaban J connectivity index is 1.80. The molecular weight excluding hydrogens is 422 g/mol. The van der Waals surface area contributed by atoms with Gasteiger partial charge in [-0.15, -0.1) is 0 Å². The maximum absolute atomic E-state index is 12.3. The molecule has 0 aliphatic rings. The number of carbonyl (C=O) groups is 1. The summed E-state index contributed by atoms with van der Waals surface area (Å²) in [5.41, 5.74) is 2.22. The minimum absolute atomic E-state index is 0.0504. The molecular formula is C22H20ClN3O5. The van der Waals surface area contributed by atoms with Crippen LogP contribution in [0.15, 0.2) is 48.7 Å². The molecule has 0 fully saturated rings. The second-order valence-corrected chi connectivity index (χ2v) is 7.19. The molecule has 0 aliphatic heterocycles. The highest BCUT2D eigenvalue weighted by molar-refractivity contribution is 6.34. The zero-order chi connectivity index (χ0) is 22.5. The molecule has 2 aromatic carbocycles. The van der Waals surface area contributed by atoms with Crippen LogP contribution in [0, 0.1) is 17.0 Å². The molecule has 0 radical (unpaired) electrons. The smallest absolute Gasteiger partial charge is 0.311 e. The van der Waals surface area contributed by atoms with E-state index in [1.54, 1.807) is 56.6 Å². The zero-order valence-electron chi connectivity index (χ0n) is 17.2. The molecule has 3 rings (SSSR count). The van der Waals surface area contributed by atoms with Crippen LogP contribution in [-0.4, -0.2) is 27.6 Å². The molecule has 0 atom stereocenters. The van der Waals surface area contributed by atoms with Gasteiger partial charge in [0.05, 0.1) is 17.1 Å². The standard InChI is InChI=1S/C22H20ClN3O5/c1-14-4-8-21(18(10-14)26(28)29)31-13-16-11-15(6-9-20(16)30-3)5-7-19(27)22-17(23)12-25(2)24-22/h4-12H,13H2,1-3H3/b7-5+. The molecule has 0 unspecified atom stereocenters. The van der Waals surface area contributed by atoms with Crippen LogP contribution >= 0.6 is 11.6 Å². The van der Waals surface area contributed by atoms with Crippen LogP contribution in [0.3, 0.4) is 0 Å². The van der Waals surface area contributed by atoms with Gasteiger partial charge in [0, 0.05) is 24.9 Å². The van der Waals surface area contributed by atoms with Crippen LogP contribution in [0.4, 0.5) is 5.69 Å². The van der Waals surface area contributed by atoms with Crippen molar-refractivity contribution in [3.05, 3.63) is 86.2 Å².